The number of benzene rings is 1. The van der Waals surface area contributed by atoms with Crippen molar-refractivity contribution in [1.82, 2.24) is 14.4 Å². The van der Waals surface area contributed by atoms with E-state index in [9.17, 15) is 8.42 Å². The number of rotatable bonds is 5. The first-order chi connectivity index (χ1) is 14.6. The fourth-order valence-corrected chi connectivity index (χ4v) is 6.04. The predicted octanol–water partition coefficient (Wildman–Crippen LogP) is 3.21. The molecule has 0 saturated carbocycles. The highest BCUT2D eigenvalue weighted by molar-refractivity contribution is 7.89. The molecule has 0 N–H and O–H groups in total. The van der Waals surface area contributed by atoms with Gasteiger partial charge in [0, 0.05) is 36.5 Å². The topological polar surface area (TPSA) is 94.8 Å². The molecule has 8 nitrogen and oxygen atoms in total. The fraction of sp³-hybridized carbons (Fsp3) is 0.400. The summed E-state index contributed by atoms with van der Waals surface area (Å²) in [7, 11) is -3.62. The Hall–Kier alpha value is -2.43. The minimum atomic E-state index is -3.62. The average molecular weight is 448 g/mol. The maximum Gasteiger partial charge on any atom is 0.243 e. The second kappa shape index (κ2) is 8.01. The standard InChI is InChI=1S/C20H21N3O5S2/c24-30(25,16-3-4-17-18(11-16)27-8-7-26-17)23-6-1-2-14(12-23)10-19-21-20(22-28-19)15-5-9-29-13-15/h3-5,9,11,13-14H,1-2,6-8,10,12H2. The molecular formula is C20H21N3O5S2. The molecule has 1 unspecified atom stereocenters. The minimum Gasteiger partial charge on any atom is -0.486 e. The smallest absolute Gasteiger partial charge is 0.243 e. The SMILES string of the molecule is O=S(=O)(c1ccc2c(c1)OCCO2)N1CCCC(Cc2nc(-c3ccsc3)no2)C1. The van der Waals surface area contributed by atoms with E-state index in [-0.39, 0.29) is 10.8 Å². The Morgan fingerprint density at radius 3 is 2.87 bits per heavy atom. The van der Waals surface area contributed by atoms with E-state index < -0.39 is 10.0 Å². The Morgan fingerprint density at radius 2 is 2.03 bits per heavy atom. The summed E-state index contributed by atoms with van der Waals surface area (Å²) in [5.41, 5.74) is 0.932. The molecule has 2 aliphatic rings. The van der Waals surface area contributed by atoms with Crippen LogP contribution in [0.5, 0.6) is 11.5 Å². The van der Waals surface area contributed by atoms with Gasteiger partial charge in [-0.3, -0.25) is 0 Å². The second-order valence-corrected chi connectivity index (χ2v) is 10.1. The first-order valence-corrected chi connectivity index (χ1v) is 12.2. The van der Waals surface area contributed by atoms with E-state index in [2.05, 4.69) is 10.1 Å². The molecule has 10 heteroatoms. The van der Waals surface area contributed by atoms with E-state index in [1.807, 2.05) is 16.8 Å². The summed E-state index contributed by atoms with van der Waals surface area (Å²) in [6.45, 7) is 1.81. The quantitative estimate of drug-likeness (QED) is 0.593. The molecule has 0 bridgehead atoms. The van der Waals surface area contributed by atoms with Crippen molar-refractivity contribution >= 4 is 21.4 Å². The molecule has 1 aromatic carbocycles. The Morgan fingerprint density at radius 1 is 1.17 bits per heavy atom. The van der Waals surface area contributed by atoms with Gasteiger partial charge in [0.1, 0.15) is 13.2 Å². The summed E-state index contributed by atoms with van der Waals surface area (Å²) in [5, 5.41) is 7.98. The number of thiophene rings is 1. The number of sulfonamides is 1. The zero-order valence-electron chi connectivity index (χ0n) is 16.2. The van der Waals surface area contributed by atoms with Gasteiger partial charge in [-0.05, 0) is 42.3 Å². The fourth-order valence-electron chi connectivity index (χ4n) is 3.84. The number of piperidine rings is 1. The Labute approximate surface area is 178 Å². The normalized spacial score (nSPS) is 19.7. The first kappa shape index (κ1) is 19.5. The molecule has 1 saturated heterocycles. The van der Waals surface area contributed by atoms with Gasteiger partial charge in [0.15, 0.2) is 11.5 Å². The highest BCUT2D eigenvalue weighted by Crippen LogP contribution is 2.34. The summed E-state index contributed by atoms with van der Waals surface area (Å²) < 4.78 is 44.4. The molecule has 3 aromatic rings. The lowest BCUT2D eigenvalue weighted by atomic mass is 9.96. The van der Waals surface area contributed by atoms with Crippen LogP contribution in [-0.4, -0.2) is 49.2 Å². The van der Waals surface area contributed by atoms with Gasteiger partial charge in [-0.25, -0.2) is 8.42 Å². The summed E-state index contributed by atoms with van der Waals surface area (Å²) in [5.74, 6) is 2.29. The largest absolute Gasteiger partial charge is 0.486 e. The maximum atomic E-state index is 13.2. The highest BCUT2D eigenvalue weighted by atomic mass is 32.2. The van der Waals surface area contributed by atoms with E-state index >= 15 is 0 Å². The Kier molecular flexibility index (Phi) is 5.21. The van der Waals surface area contributed by atoms with Crippen molar-refractivity contribution in [3.05, 3.63) is 40.9 Å². The van der Waals surface area contributed by atoms with Crippen LogP contribution in [0.1, 0.15) is 18.7 Å². The third-order valence-electron chi connectivity index (χ3n) is 5.34. The van der Waals surface area contributed by atoms with Crippen molar-refractivity contribution in [2.24, 2.45) is 5.92 Å². The highest BCUT2D eigenvalue weighted by Gasteiger charge is 2.32. The number of hydrogen-bond acceptors (Lipinski definition) is 8. The Balaban J connectivity index is 1.30. The molecule has 0 spiro atoms. The van der Waals surface area contributed by atoms with Gasteiger partial charge in [-0.15, -0.1) is 0 Å². The summed E-state index contributed by atoms with van der Waals surface area (Å²) in [6.07, 6.45) is 2.27. The lowest BCUT2D eigenvalue weighted by Gasteiger charge is -2.31. The number of ether oxygens (including phenoxy) is 2. The molecule has 5 rings (SSSR count). The van der Waals surface area contributed by atoms with Crippen molar-refractivity contribution in [2.75, 3.05) is 26.3 Å². The third-order valence-corrected chi connectivity index (χ3v) is 7.89. The zero-order chi connectivity index (χ0) is 20.6. The van der Waals surface area contributed by atoms with Crippen LogP contribution in [0, 0.1) is 5.92 Å². The molecule has 0 amide bonds. The van der Waals surface area contributed by atoms with Crippen LogP contribution in [0.15, 0.2) is 44.4 Å². The molecule has 2 aromatic heterocycles. The van der Waals surface area contributed by atoms with Gasteiger partial charge in [0.2, 0.25) is 21.7 Å². The van der Waals surface area contributed by atoms with Gasteiger partial charge in [0.25, 0.3) is 0 Å². The summed E-state index contributed by atoms with van der Waals surface area (Å²) in [6, 6.07) is 6.74. The molecule has 1 atom stereocenters. The van der Waals surface area contributed by atoms with E-state index in [0.717, 1.165) is 18.4 Å². The monoisotopic (exact) mass is 447 g/mol. The molecular weight excluding hydrogens is 426 g/mol. The molecule has 0 aliphatic carbocycles. The van der Waals surface area contributed by atoms with Gasteiger partial charge >= 0.3 is 0 Å². The van der Waals surface area contributed by atoms with E-state index in [1.165, 1.54) is 0 Å². The van der Waals surface area contributed by atoms with Crippen LogP contribution >= 0.6 is 11.3 Å². The van der Waals surface area contributed by atoms with Crippen LogP contribution in [0.3, 0.4) is 0 Å². The van der Waals surface area contributed by atoms with Crippen molar-refractivity contribution in [1.29, 1.82) is 0 Å². The van der Waals surface area contributed by atoms with Gasteiger partial charge in [-0.2, -0.15) is 20.6 Å². The second-order valence-electron chi connectivity index (χ2n) is 7.40. The van der Waals surface area contributed by atoms with Crippen LogP contribution in [0.2, 0.25) is 0 Å². The van der Waals surface area contributed by atoms with E-state index in [4.69, 9.17) is 14.0 Å². The average Bonchev–Trinajstić information content (AvgIpc) is 3.46. The number of aromatic nitrogens is 2. The van der Waals surface area contributed by atoms with Crippen LogP contribution in [0.4, 0.5) is 0 Å². The molecule has 0 radical (unpaired) electrons. The van der Waals surface area contributed by atoms with Gasteiger partial charge < -0.3 is 14.0 Å². The number of fused-ring (bicyclic) bond motifs is 1. The Bertz CT molecular complexity index is 1130. The zero-order valence-corrected chi connectivity index (χ0v) is 17.8. The molecule has 158 valence electrons. The van der Waals surface area contributed by atoms with E-state index in [1.54, 1.807) is 33.8 Å². The van der Waals surface area contributed by atoms with Crippen molar-refractivity contribution in [2.45, 2.75) is 24.2 Å². The minimum absolute atomic E-state index is 0.126. The maximum absolute atomic E-state index is 13.2. The molecule has 1 fully saturated rings. The van der Waals surface area contributed by atoms with Gasteiger partial charge in [-0.1, -0.05) is 5.16 Å². The van der Waals surface area contributed by atoms with E-state index in [0.29, 0.717) is 55.9 Å². The first-order valence-electron chi connectivity index (χ1n) is 9.84. The number of hydrogen-bond donors (Lipinski definition) is 0. The molecule has 2 aliphatic heterocycles. The van der Waals surface area contributed by atoms with Crippen LogP contribution < -0.4 is 9.47 Å². The summed E-state index contributed by atoms with van der Waals surface area (Å²) >= 11 is 1.58. The van der Waals surface area contributed by atoms with Crippen LogP contribution in [0.25, 0.3) is 11.4 Å². The van der Waals surface area contributed by atoms with Crippen LogP contribution in [-0.2, 0) is 16.4 Å². The van der Waals surface area contributed by atoms with Crippen molar-refractivity contribution in [3.63, 3.8) is 0 Å². The van der Waals surface area contributed by atoms with Gasteiger partial charge in [0.05, 0.1) is 4.90 Å². The van der Waals surface area contributed by atoms with Crippen molar-refractivity contribution < 1.29 is 22.4 Å². The third kappa shape index (κ3) is 3.82. The molecule has 4 heterocycles. The predicted molar refractivity (Wildman–Crippen MR) is 110 cm³/mol. The molecule has 30 heavy (non-hydrogen) atoms. The summed E-state index contributed by atoms with van der Waals surface area (Å²) in [4.78, 5) is 4.70. The lowest BCUT2D eigenvalue weighted by Crippen LogP contribution is -2.40. The van der Waals surface area contributed by atoms with Crippen molar-refractivity contribution in [3.8, 4) is 22.9 Å². The number of nitrogens with zero attached hydrogens (tertiary/aromatic N) is 3. The lowest BCUT2D eigenvalue weighted by molar-refractivity contribution is 0.171.